The fraction of sp³-hybridized carbons (Fsp3) is 0.385. The normalized spacial score (nSPS) is 14.4. The lowest BCUT2D eigenvalue weighted by atomic mass is 10.1. The zero-order valence-corrected chi connectivity index (χ0v) is 12.1. The Hall–Kier alpha value is -2.58. The average Bonchev–Trinajstić information content (AvgIpc) is 2.79. The van der Waals surface area contributed by atoms with Gasteiger partial charge in [-0.1, -0.05) is 0 Å². The van der Waals surface area contributed by atoms with Gasteiger partial charge in [0.1, 0.15) is 17.2 Å². The Bertz CT molecular complexity index is 730. The summed E-state index contributed by atoms with van der Waals surface area (Å²) >= 11 is 0. The maximum absolute atomic E-state index is 12.8. The van der Waals surface area contributed by atoms with Gasteiger partial charge in [0.05, 0.1) is 24.5 Å². The van der Waals surface area contributed by atoms with Crippen LogP contribution >= 0.6 is 0 Å². The zero-order valence-electron chi connectivity index (χ0n) is 12.1. The van der Waals surface area contributed by atoms with E-state index < -0.39 is 6.43 Å². The van der Waals surface area contributed by atoms with Crippen molar-refractivity contribution in [2.24, 2.45) is 4.99 Å². The standard InChI is InChI=1S/C13H15F2N7/c1-6-10(20-21-11(6)12(14)15)8-3-9(19-13(16)18-8)22-4-7(5-22)17-2/h3,12H,4-5H2,1-2H3,(H,20,21)(H2,16,18,19). The van der Waals surface area contributed by atoms with Crippen molar-refractivity contribution in [1.82, 2.24) is 20.2 Å². The highest BCUT2D eigenvalue weighted by Crippen LogP contribution is 2.30. The first kappa shape index (κ1) is 14.4. The van der Waals surface area contributed by atoms with Crippen LogP contribution in [0.15, 0.2) is 11.1 Å². The van der Waals surface area contributed by atoms with E-state index >= 15 is 0 Å². The fourth-order valence-electron chi connectivity index (χ4n) is 2.31. The Morgan fingerprint density at radius 3 is 2.68 bits per heavy atom. The number of aromatic amines is 1. The molecule has 1 saturated heterocycles. The highest BCUT2D eigenvalue weighted by atomic mass is 19.3. The van der Waals surface area contributed by atoms with E-state index in [4.69, 9.17) is 5.73 Å². The Morgan fingerprint density at radius 1 is 1.36 bits per heavy atom. The van der Waals surface area contributed by atoms with Crippen LogP contribution in [0.25, 0.3) is 11.4 Å². The first-order valence-electron chi connectivity index (χ1n) is 6.67. The maximum Gasteiger partial charge on any atom is 0.280 e. The van der Waals surface area contributed by atoms with Crippen LogP contribution < -0.4 is 10.6 Å². The molecule has 116 valence electrons. The van der Waals surface area contributed by atoms with Gasteiger partial charge in [0.25, 0.3) is 6.43 Å². The Balaban J connectivity index is 1.96. The SMILES string of the molecule is CN=C1CN(c2cc(-c3n[nH]c(C(F)F)c3C)nc(N)n2)C1. The van der Waals surface area contributed by atoms with Crippen molar-refractivity contribution < 1.29 is 8.78 Å². The summed E-state index contributed by atoms with van der Waals surface area (Å²) in [7, 11) is 1.74. The number of anilines is 2. The van der Waals surface area contributed by atoms with Crippen molar-refractivity contribution in [2.75, 3.05) is 30.8 Å². The van der Waals surface area contributed by atoms with E-state index in [9.17, 15) is 8.78 Å². The third-order valence-corrected chi connectivity index (χ3v) is 3.63. The van der Waals surface area contributed by atoms with E-state index in [2.05, 4.69) is 25.2 Å². The van der Waals surface area contributed by atoms with Gasteiger partial charge < -0.3 is 10.6 Å². The van der Waals surface area contributed by atoms with Crippen LogP contribution in [0, 0.1) is 6.92 Å². The molecule has 3 heterocycles. The summed E-state index contributed by atoms with van der Waals surface area (Å²) in [5, 5.41) is 6.28. The van der Waals surface area contributed by atoms with E-state index in [0.717, 1.165) is 5.71 Å². The largest absolute Gasteiger partial charge is 0.368 e. The second-order valence-electron chi connectivity index (χ2n) is 5.03. The number of alkyl halides is 2. The maximum atomic E-state index is 12.8. The minimum Gasteiger partial charge on any atom is -0.368 e. The van der Waals surface area contributed by atoms with Gasteiger partial charge in [0.15, 0.2) is 0 Å². The zero-order chi connectivity index (χ0) is 15.9. The number of aromatic nitrogens is 4. The number of hydrogen-bond acceptors (Lipinski definition) is 6. The molecule has 3 N–H and O–H groups in total. The number of halogens is 2. The van der Waals surface area contributed by atoms with Gasteiger partial charge in [-0.2, -0.15) is 10.1 Å². The molecule has 0 spiro atoms. The first-order valence-corrected chi connectivity index (χ1v) is 6.67. The monoisotopic (exact) mass is 307 g/mol. The van der Waals surface area contributed by atoms with Gasteiger partial charge in [0.2, 0.25) is 5.95 Å². The summed E-state index contributed by atoms with van der Waals surface area (Å²) < 4.78 is 25.7. The lowest BCUT2D eigenvalue weighted by molar-refractivity contribution is 0.145. The van der Waals surface area contributed by atoms with Crippen molar-refractivity contribution in [3.05, 3.63) is 17.3 Å². The highest BCUT2D eigenvalue weighted by molar-refractivity contribution is 5.99. The number of rotatable bonds is 3. The van der Waals surface area contributed by atoms with E-state index in [1.54, 1.807) is 20.0 Å². The fourth-order valence-corrected chi connectivity index (χ4v) is 2.31. The Morgan fingerprint density at radius 2 is 2.09 bits per heavy atom. The summed E-state index contributed by atoms with van der Waals surface area (Å²) in [5.74, 6) is 0.714. The molecule has 0 unspecified atom stereocenters. The molecule has 0 bridgehead atoms. The molecule has 0 aromatic carbocycles. The lowest BCUT2D eigenvalue weighted by Gasteiger charge is -2.33. The van der Waals surface area contributed by atoms with E-state index in [1.807, 2.05) is 4.90 Å². The van der Waals surface area contributed by atoms with Gasteiger partial charge in [-0.15, -0.1) is 0 Å². The number of H-pyrrole nitrogens is 1. The minimum atomic E-state index is -2.61. The number of nitrogen functional groups attached to an aromatic ring is 1. The number of hydrogen-bond donors (Lipinski definition) is 2. The molecule has 1 fully saturated rings. The number of nitrogens with zero attached hydrogens (tertiary/aromatic N) is 5. The first-order chi connectivity index (χ1) is 10.5. The van der Waals surface area contributed by atoms with Crippen LogP contribution in [0.4, 0.5) is 20.5 Å². The van der Waals surface area contributed by atoms with Crippen molar-refractivity contribution >= 4 is 17.5 Å². The Kier molecular flexibility index (Phi) is 3.47. The molecule has 0 amide bonds. The highest BCUT2D eigenvalue weighted by Gasteiger charge is 2.25. The number of nitrogens with one attached hydrogen (secondary N) is 1. The summed E-state index contributed by atoms with van der Waals surface area (Å²) in [5.41, 5.74) is 7.72. The average molecular weight is 307 g/mol. The quantitative estimate of drug-likeness (QED) is 0.897. The summed E-state index contributed by atoms with van der Waals surface area (Å²) in [6, 6.07) is 1.70. The summed E-state index contributed by atoms with van der Waals surface area (Å²) in [6.07, 6.45) is -2.61. The summed E-state index contributed by atoms with van der Waals surface area (Å²) in [6.45, 7) is 2.92. The Labute approximate surface area is 125 Å². The molecule has 2 aromatic heterocycles. The van der Waals surface area contributed by atoms with Gasteiger partial charge in [0, 0.05) is 18.7 Å². The van der Waals surface area contributed by atoms with Crippen LogP contribution in [0.5, 0.6) is 0 Å². The summed E-state index contributed by atoms with van der Waals surface area (Å²) in [4.78, 5) is 14.4. The third kappa shape index (κ3) is 2.38. The van der Waals surface area contributed by atoms with Gasteiger partial charge >= 0.3 is 0 Å². The van der Waals surface area contributed by atoms with Crippen LogP contribution in [0.1, 0.15) is 17.7 Å². The minimum absolute atomic E-state index is 0.0791. The second kappa shape index (κ2) is 5.32. The van der Waals surface area contributed by atoms with Crippen molar-refractivity contribution in [3.8, 4) is 11.4 Å². The molecular weight excluding hydrogens is 292 g/mol. The molecule has 2 aromatic rings. The van der Waals surface area contributed by atoms with Crippen LogP contribution in [0.2, 0.25) is 0 Å². The van der Waals surface area contributed by atoms with Gasteiger partial charge in [-0.05, 0) is 6.92 Å². The van der Waals surface area contributed by atoms with Crippen LogP contribution in [-0.2, 0) is 0 Å². The molecule has 0 radical (unpaired) electrons. The molecule has 0 saturated carbocycles. The van der Waals surface area contributed by atoms with Crippen molar-refractivity contribution in [1.29, 1.82) is 0 Å². The molecule has 1 aliphatic heterocycles. The van der Waals surface area contributed by atoms with E-state index in [1.165, 1.54) is 0 Å². The molecule has 22 heavy (non-hydrogen) atoms. The second-order valence-corrected chi connectivity index (χ2v) is 5.03. The predicted octanol–water partition coefficient (Wildman–Crippen LogP) is 1.59. The van der Waals surface area contributed by atoms with E-state index in [-0.39, 0.29) is 11.6 Å². The van der Waals surface area contributed by atoms with Crippen molar-refractivity contribution in [2.45, 2.75) is 13.3 Å². The van der Waals surface area contributed by atoms with E-state index in [0.29, 0.717) is 35.9 Å². The van der Waals surface area contributed by atoms with Crippen LogP contribution in [0.3, 0.4) is 0 Å². The van der Waals surface area contributed by atoms with Gasteiger partial charge in [-0.25, -0.2) is 13.8 Å². The van der Waals surface area contributed by atoms with Crippen LogP contribution in [-0.4, -0.2) is 46.0 Å². The molecule has 1 aliphatic rings. The smallest absolute Gasteiger partial charge is 0.280 e. The van der Waals surface area contributed by atoms with Gasteiger partial charge in [-0.3, -0.25) is 10.1 Å². The number of aliphatic imine (C=N–C) groups is 1. The molecule has 0 atom stereocenters. The lowest BCUT2D eigenvalue weighted by Crippen LogP contribution is -2.48. The van der Waals surface area contributed by atoms with Crippen molar-refractivity contribution in [3.63, 3.8) is 0 Å². The number of nitrogens with two attached hydrogens (primary N) is 1. The molecule has 7 nitrogen and oxygen atoms in total. The molecule has 9 heteroatoms. The predicted molar refractivity (Wildman–Crippen MR) is 79.3 cm³/mol. The molecule has 3 rings (SSSR count). The topological polar surface area (TPSA) is 96.1 Å². The molecule has 0 aliphatic carbocycles. The third-order valence-electron chi connectivity index (χ3n) is 3.63. The molecular formula is C13H15F2N7.